The van der Waals surface area contributed by atoms with E-state index in [4.69, 9.17) is 0 Å². The van der Waals surface area contributed by atoms with Gasteiger partial charge in [-0.2, -0.15) is 0 Å². The summed E-state index contributed by atoms with van der Waals surface area (Å²) in [5.74, 6) is -58.1. The summed E-state index contributed by atoms with van der Waals surface area (Å²) in [6, 6.07) is 17.8. The number of halogens is 20. The number of nitrogens with one attached hydrogen (secondary N) is 2. The quantitative estimate of drug-likeness (QED) is 0.0904. The van der Waals surface area contributed by atoms with Crippen LogP contribution in [0.3, 0.4) is 0 Å². The zero-order chi connectivity index (χ0) is 62.4. The lowest BCUT2D eigenvalue weighted by molar-refractivity contribution is 0.321. The van der Waals surface area contributed by atoms with Gasteiger partial charge in [0.1, 0.15) is 0 Å². The van der Waals surface area contributed by atoms with Crippen LogP contribution in [0.2, 0.25) is 0 Å². The highest BCUT2D eigenvalue weighted by atomic mass is 19.2. The lowest BCUT2D eigenvalue weighted by atomic mass is 9.83. The number of nitrogens with zero attached hydrogens (tertiary/aromatic N) is 4. The third-order valence-corrected chi connectivity index (χ3v) is 16.5. The second-order valence-corrected chi connectivity index (χ2v) is 21.4. The van der Waals surface area contributed by atoms with E-state index in [0.29, 0.717) is 23.3 Å². The topological polar surface area (TPSA) is 63.8 Å². The molecule has 2 fully saturated rings. The van der Waals surface area contributed by atoms with Crippen LogP contribution >= 0.6 is 0 Å². The van der Waals surface area contributed by atoms with Gasteiger partial charge in [0, 0.05) is 108 Å². The van der Waals surface area contributed by atoms with Crippen LogP contribution in [-0.2, 0) is 13.1 Å². The summed E-state index contributed by atoms with van der Waals surface area (Å²) in [6.07, 6.45) is 1.40. The summed E-state index contributed by atoms with van der Waals surface area (Å²) in [4.78, 5) is 17.3. The predicted octanol–water partition coefficient (Wildman–Crippen LogP) is 16.4. The van der Waals surface area contributed by atoms with E-state index in [1.807, 2.05) is 0 Å². The molecule has 0 radical (unpaired) electrons. The third kappa shape index (κ3) is 8.77. The van der Waals surface area contributed by atoms with Gasteiger partial charge in [0.2, 0.25) is 23.3 Å². The number of aromatic amines is 2. The summed E-state index contributed by atoms with van der Waals surface area (Å²) >= 11 is 0. The minimum absolute atomic E-state index is 0.0708. The summed E-state index contributed by atoms with van der Waals surface area (Å²) in [5, 5.41) is 0. The molecule has 2 saturated heterocycles. The highest BCUT2D eigenvalue weighted by molar-refractivity contribution is 5.95. The van der Waals surface area contributed by atoms with E-state index in [1.54, 1.807) is 70.5 Å². The van der Waals surface area contributed by atoms with Crippen molar-refractivity contribution < 1.29 is 87.8 Å². The molecule has 6 aromatic carbocycles. The lowest BCUT2D eigenvalue weighted by Crippen LogP contribution is -2.22. The Morgan fingerprint density at radius 2 is 0.591 bits per heavy atom. The van der Waals surface area contributed by atoms with Crippen LogP contribution in [0.15, 0.2) is 72.8 Å². The molecule has 4 atom stereocenters. The molecule has 88 heavy (non-hydrogen) atoms. The molecule has 0 saturated carbocycles. The summed E-state index contributed by atoms with van der Waals surface area (Å²) in [6.45, 7) is -1.74. The monoisotopic (exact) mass is 1240 g/mol. The van der Waals surface area contributed by atoms with Gasteiger partial charge in [0.25, 0.3) is 0 Å². The molecule has 2 aromatic heterocycles. The van der Waals surface area contributed by atoms with Gasteiger partial charge in [-0.3, -0.25) is 14.8 Å². The SMILES string of the molecule is Fc1c(F)c(F)c(-c2c3nc(c(-c4c(F)c(F)c(F)c(F)c4F)c4ccc([nH]4)c(-c4c(F)c(F)c(F)c(F)c4F)c4nc(c(-c5c(F)c(F)c(F)c(F)c5F)c5[nH]c2[C@H]2CN(Cc6ccccc6)C[C@@H]52)[C@@H]2CN(Cc5ccccc5)C[C@H]42)C=C3)c(F)c1F. The number of hydrogen-bond donors (Lipinski definition) is 2. The number of fused-ring (bicyclic) bond motifs is 14. The minimum Gasteiger partial charge on any atom is -0.361 e. The van der Waals surface area contributed by atoms with Gasteiger partial charge < -0.3 is 9.97 Å². The standard InChI is InChI=1S/C62H32F20N6/c63-39-34(40(64)48(72)55(79)47(39)71)31-27-11-13-29(83-27)32(35-41(65)49(73)56(80)50(74)42(35)66)59-23-17-87(15-21-7-3-1-4-8-21)19-25(23)61(85-59)38(37-45(69)53(77)58(82)54(78)46(37)70)62-26-20-88(16-22-9-5-2-6-10-22)18-24(26)60(86-62)33(30-14-12-28(31)84-30)36-43(67)51(75)57(81)52(76)44(36)68/h1-14,23-26,83,86H,15-20H2/t23-,24-,25+,26+/m0/s1. The van der Waals surface area contributed by atoms with Crippen molar-refractivity contribution in [3.05, 3.63) is 234 Å². The number of benzene rings is 6. The Labute approximate surface area is 481 Å². The molecule has 7 heterocycles. The average molecular weight is 1240 g/mol. The summed E-state index contributed by atoms with van der Waals surface area (Å²) in [5.41, 5.74) is -17.4. The molecule has 13 rings (SSSR count). The first-order chi connectivity index (χ1) is 42.0. The molecule has 26 heteroatoms. The van der Waals surface area contributed by atoms with Crippen LogP contribution in [0.1, 0.15) is 69.0 Å². The van der Waals surface area contributed by atoms with Crippen LogP contribution in [0.5, 0.6) is 0 Å². The van der Waals surface area contributed by atoms with Gasteiger partial charge in [-0.25, -0.2) is 92.8 Å². The Balaban J connectivity index is 1.30. The molecule has 0 amide bonds. The van der Waals surface area contributed by atoms with Crippen molar-refractivity contribution in [1.82, 2.24) is 29.7 Å². The van der Waals surface area contributed by atoms with Crippen molar-refractivity contribution >= 4 is 23.2 Å². The molecular formula is C62H32F20N6. The molecule has 8 aromatic rings. The second kappa shape index (κ2) is 21.4. The highest BCUT2D eigenvalue weighted by Gasteiger charge is 2.50. The largest absolute Gasteiger partial charge is 0.361 e. The fourth-order valence-corrected chi connectivity index (χ4v) is 12.7. The summed E-state index contributed by atoms with van der Waals surface area (Å²) in [7, 11) is 0. The van der Waals surface area contributed by atoms with Crippen LogP contribution in [0, 0.1) is 116 Å². The summed E-state index contributed by atoms with van der Waals surface area (Å²) < 4.78 is 321. The average Bonchev–Trinajstić information content (AvgIpc) is 1.66. The van der Waals surface area contributed by atoms with Gasteiger partial charge >= 0.3 is 0 Å². The second-order valence-electron chi connectivity index (χ2n) is 21.4. The highest BCUT2D eigenvalue weighted by Crippen LogP contribution is 2.56. The third-order valence-electron chi connectivity index (χ3n) is 16.5. The number of aromatic nitrogens is 4. The molecule has 8 bridgehead atoms. The van der Waals surface area contributed by atoms with Crippen LogP contribution in [0.4, 0.5) is 87.8 Å². The molecule has 5 aliphatic rings. The van der Waals surface area contributed by atoms with Crippen LogP contribution < -0.4 is 0 Å². The van der Waals surface area contributed by atoms with Gasteiger partial charge in [0.05, 0.1) is 45.0 Å². The molecule has 450 valence electrons. The fraction of sp³-hybridized carbons (Fsp3) is 0.161. The van der Waals surface area contributed by atoms with Crippen LogP contribution in [0.25, 0.3) is 67.7 Å². The van der Waals surface area contributed by atoms with E-state index in [9.17, 15) is 4.39 Å². The fourth-order valence-electron chi connectivity index (χ4n) is 12.7. The van der Waals surface area contributed by atoms with Crippen molar-refractivity contribution in [2.45, 2.75) is 36.8 Å². The molecule has 6 nitrogen and oxygen atoms in total. The first-order valence-corrected chi connectivity index (χ1v) is 26.4. The number of hydrogen-bond acceptors (Lipinski definition) is 4. The number of H-pyrrole nitrogens is 2. The smallest absolute Gasteiger partial charge is 0.200 e. The zero-order valence-corrected chi connectivity index (χ0v) is 44.0. The Morgan fingerprint density at radius 3 is 0.989 bits per heavy atom. The normalized spacial score (nSPS) is 17.8. The van der Waals surface area contributed by atoms with Crippen LogP contribution in [-0.4, -0.2) is 55.9 Å². The van der Waals surface area contributed by atoms with Gasteiger partial charge in [-0.1, -0.05) is 60.7 Å². The zero-order valence-electron chi connectivity index (χ0n) is 44.0. The van der Waals surface area contributed by atoms with E-state index < -0.39 is 256 Å². The van der Waals surface area contributed by atoms with Crippen molar-refractivity contribution in [1.29, 1.82) is 0 Å². The van der Waals surface area contributed by atoms with Gasteiger partial charge in [-0.05, 0) is 35.4 Å². The van der Waals surface area contributed by atoms with Crippen molar-refractivity contribution in [3.63, 3.8) is 0 Å². The van der Waals surface area contributed by atoms with E-state index in [2.05, 4.69) is 19.9 Å². The minimum atomic E-state index is -2.70. The maximum absolute atomic E-state index is 17.2. The van der Waals surface area contributed by atoms with Crippen molar-refractivity contribution in [2.24, 2.45) is 0 Å². The predicted molar refractivity (Wildman–Crippen MR) is 277 cm³/mol. The number of rotatable bonds is 8. The maximum Gasteiger partial charge on any atom is 0.200 e. The first-order valence-electron chi connectivity index (χ1n) is 26.4. The maximum atomic E-state index is 17.2. The molecule has 0 unspecified atom stereocenters. The van der Waals surface area contributed by atoms with E-state index >= 15 is 83.4 Å². The molecule has 2 N–H and O–H groups in total. The molecule has 0 spiro atoms. The van der Waals surface area contributed by atoms with Gasteiger partial charge in [-0.15, -0.1) is 0 Å². The van der Waals surface area contributed by atoms with Gasteiger partial charge in [0.15, 0.2) is 93.1 Å². The van der Waals surface area contributed by atoms with Crippen molar-refractivity contribution in [3.8, 4) is 44.5 Å². The van der Waals surface area contributed by atoms with Crippen molar-refractivity contribution in [2.75, 3.05) is 26.2 Å². The Hall–Kier alpha value is -9.04. The first kappa shape index (κ1) is 58.0. The molecule has 5 aliphatic heterocycles. The molecule has 0 aliphatic carbocycles. The van der Waals surface area contributed by atoms with E-state index in [0.717, 1.165) is 12.1 Å². The van der Waals surface area contributed by atoms with E-state index in [-0.39, 0.29) is 13.1 Å². The Kier molecular flexibility index (Phi) is 14.1. The Bertz CT molecular complexity index is 4470. The Morgan fingerprint density at radius 1 is 0.295 bits per heavy atom. The lowest BCUT2D eigenvalue weighted by Gasteiger charge is -2.20. The van der Waals surface area contributed by atoms with E-state index in [1.165, 1.54) is 0 Å². The molecular weight excluding hydrogens is 1210 g/mol. The number of likely N-dealkylation sites (tertiary alicyclic amines) is 2.